The topological polar surface area (TPSA) is 89.8 Å². The third-order valence-electron chi connectivity index (χ3n) is 2.78. The average molecular weight is 280 g/mol. The van der Waals surface area contributed by atoms with E-state index in [2.05, 4.69) is 0 Å². The van der Waals surface area contributed by atoms with E-state index in [0.29, 0.717) is 19.4 Å². The van der Waals surface area contributed by atoms with E-state index in [4.69, 9.17) is 4.74 Å². The van der Waals surface area contributed by atoms with E-state index >= 15 is 0 Å². The smallest absolute Gasteiger partial charge is 0.310 e. The van der Waals surface area contributed by atoms with E-state index in [1.807, 2.05) is 13.8 Å². The third kappa shape index (κ3) is 3.78. The highest BCUT2D eigenvalue weighted by Crippen LogP contribution is 2.27. The van der Waals surface area contributed by atoms with Gasteiger partial charge in [0.05, 0.1) is 4.92 Å². The molecule has 7 nitrogen and oxygen atoms in total. The van der Waals surface area contributed by atoms with Crippen molar-refractivity contribution in [1.29, 1.82) is 0 Å². The highest BCUT2D eigenvalue weighted by Gasteiger charge is 2.18. The van der Waals surface area contributed by atoms with Crippen molar-refractivity contribution in [3.8, 4) is 5.75 Å². The summed E-state index contributed by atoms with van der Waals surface area (Å²) >= 11 is 0. The number of rotatable bonds is 7. The molecule has 0 saturated heterocycles. The van der Waals surface area contributed by atoms with Crippen molar-refractivity contribution in [3.63, 3.8) is 0 Å². The normalized spacial score (nSPS) is 9.90. The highest BCUT2D eigenvalue weighted by molar-refractivity contribution is 5.79. The summed E-state index contributed by atoms with van der Waals surface area (Å²) in [5, 5.41) is 10.9. The Bertz CT molecular complexity index is 511. The first-order valence-corrected chi connectivity index (χ1v) is 6.17. The fourth-order valence-electron chi connectivity index (χ4n) is 1.68. The van der Waals surface area contributed by atoms with E-state index in [1.165, 1.54) is 18.2 Å². The number of ether oxygens (including phenoxy) is 1. The Morgan fingerprint density at radius 3 is 2.55 bits per heavy atom. The fraction of sp³-hybridized carbons (Fsp3) is 0.385. The van der Waals surface area contributed by atoms with Crippen LogP contribution in [0.5, 0.6) is 5.75 Å². The summed E-state index contributed by atoms with van der Waals surface area (Å²) < 4.78 is 5.20. The quantitative estimate of drug-likeness (QED) is 0.430. The average Bonchev–Trinajstić information content (AvgIpc) is 2.45. The van der Waals surface area contributed by atoms with Gasteiger partial charge in [0.2, 0.25) is 0 Å². The van der Waals surface area contributed by atoms with Gasteiger partial charge in [-0.15, -0.1) is 0 Å². The number of hydrogen-bond donors (Lipinski definition) is 0. The van der Waals surface area contributed by atoms with E-state index in [9.17, 15) is 19.7 Å². The molecule has 0 N–H and O–H groups in total. The summed E-state index contributed by atoms with van der Waals surface area (Å²) in [5.41, 5.74) is -0.0242. The highest BCUT2D eigenvalue weighted by atomic mass is 16.6. The molecule has 0 saturated carbocycles. The molecule has 1 aromatic carbocycles. The van der Waals surface area contributed by atoms with Gasteiger partial charge in [-0.25, -0.2) is 0 Å². The first kappa shape index (κ1) is 15.6. The Labute approximate surface area is 116 Å². The van der Waals surface area contributed by atoms with E-state index in [-0.39, 0.29) is 29.5 Å². The summed E-state index contributed by atoms with van der Waals surface area (Å²) in [5.74, 6) is -0.346. The van der Waals surface area contributed by atoms with Crippen molar-refractivity contribution in [2.75, 3.05) is 19.7 Å². The summed E-state index contributed by atoms with van der Waals surface area (Å²) in [6.45, 7) is 4.43. The van der Waals surface area contributed by atoms with Gasteiger partial charge in [0.1, 0.15) is 6.29 Å². The number of nitro benzene ring substituents is 1. The zero-order valence-electron chi connectivity index (χ0n) is 11.4. The van der Waals surface area contributed by atoms with E-state index < -0.39 is 4.92 Å². The molecule has 108 valence electrons. The summed E-state index contributed by atoms with van der Waals surface area (Å²) in [7, 11) is 0. The van der Waals surface area contributed by atoms with E-state index in [1.54, 1.807) is 4.90 Å². The van der Waals surface area contributed by atoms with Crippen molar-refractivity contribution < 1.29 is 19.2 Å². The number of nitro groups is 1. The molecule has 0 radical (unpaired) electrons. The Hall–Kier alpha value is -2.44. The van der Waals surface area contributed by atoms with Gasteiger partial charge in [-0.3, -0.25) is 19.7 Å². The maximum Gasteiger partial charge on any atom is 0.310 e. The number of amides is 1. The lowest BCUT2D eigenvalue weighted by Gasteiger charge is -2.18. The van der Waals surface area contributed by atoms with Crippen molar-refractivity contribution in [2.24, 2.45) is 0 Å². The van der Waals surface area contributed by atoms with Crippen LogP contribution in [-0.4, -0.2) is 41.7 Å². The predicted octanol–water partition coefficient (Wildman–Crippen LogP) is 1.65. The van der Waals surface area contributed by atoms with Crippen LogP contribution >= 0.6 is 0 Å². The number of benzene rings is 1. The third-order valence-corrected chi connectivity index (χ3v) is 2.78. The van der Waals surface area contributed by atoms with Crippen molar-refractivity contribution in [3.05, 3.63) is 33.9 Å². The molecule has 0 atom stereocenters. The minimum Gasteiger partial charge on any atom is -0.477 e. The van der Waals surface area contributed by atoms with Gasteiger partial charge < -0.3 is 9.64 Å². The Kier molecular flexibility index (Phi) is 5.64. The molecule has 20 heavy (non-hydrogen) atoms. The summed E-state index contributed by atoms with van der Waals surface area (Å²) in [6, 6.07) is 3.76. The van der Waals surface area contributed by atoms with Crippen LogP contribution in [0.1, 0.15) is 24.2 Å². The molecular formula is C13H16N2O5. The SMILES string of the molecule is CCN(CC)C(=O)COc1cc(C=O)ccc1[N+](=O)[O-]. The summed E-state index contributed by atoms with van der Waals surface area (Å²) in [6.07, 6.45) is 0.558. The molecule has 0 aliphatic carbocycles. The lowest BCUT2D eigenvalue weighted by molar-refractivity contribution is -0.385. The number of nitrogens with zero attached hydrogens (tertiary/aromatic N) is 2. The Morgan fingerprint density at radius 1 is 1.40 bits per heavy atom. The lowest BCUT2D eigenvalue weighted by Crippen LogP contribution is -2.34. The first-order chi connectivity index (χ1) is 9.53. The van der Waals surface area contributed by atoms with Crippen molar-refractivity contribution in [2.45, 2.75) is 13.8 Å². The molecule has 0 bridgehead atoms. The van der Waals surface area contributed by atoms with Crippen LogP contribution in [0.2, 0.25) is 0 Å². The van der Waals surface area contributed by atoms with Gasteiger partial charge in [-0.1, -0.05) is 0 Å². The van der Waals surface area contributed by atoms with Crippen LogP contribution < -0.4 is 4.74 Å². The van der Waals surface area contributed by atoms with Crippen LogP contribution in [0.4, 0.5) is 5.69 Å². The molecule has 0 aromatic heterocycles. The van der Waals surface area contributed by atoms with Crippen LogP contribution in [0, 0.1) is 10.1 Å². The van der Waals surface area contributed by atoms with Crippen LogP contribution in [0.15, 0.2) is 18.2 Å². The predicted molar refractivity (Wildman–Crippen MR) is 71.9 cm³/mol. The largest absolute Gasteiger partial charge is 0.477 e. The fourth-order valence-corrected chi connectivity index (χ4v) is 1.68. The molecule has 0 aliphatic heterocycles. The van der Waals surface area contributed by atoms with Crippen LogP contribution in [-0.2, 0) is 4.79 Å². The standard InChI is InChI=1S/C13H16N2O5/c1-3-14(4-2)13(17)9-20-12-7-10(8-16)5-6-11(12)15(18)19/h5-8H,3-4,9H2,1-2H3. The molecule has 0 spiro atoms. The zero-order chi connectivity index (χ0) is 15.1. The minimum absolute atomic E-state index is 0.0832. The second-order valence-electron chi connectivity index (χ2n) is 3.96. The van der Waals surface area contributed by atoms with Gasteiger partial charge in [0, 0.05) is 24.7 Å². The number of hydrogen-bond acceptors (Lipinski definition) is 5. The lowest BCUT2D eigenvalue weighted by atomic mass is 10.2. The molecular weight excluding hydrogens is 264 g/mol. The molecule has 1 amide bonds. The minimum atomic E-state index is -0.619. The van der Waals surface area contributed by atoms with Crippen LogP contribution in [0.25, 0.3) is 0 Å². The maximum absolute atomic E-state index is 11.8. The van der Waals surface area contributed by atoms with Crippen molar-refractivity contribution >= 4 is 17.9 Å². The molecule has 0 aliphatic rings. The van der Waals surface area contributed by atoms with Gasteiger partial charge in [0.25, 0.3) is 5.91 Å². The molecule has 1 rings (SSSR count). The number of carbonyl (C=O) groups excluding carboxylic acids is 2. The number of aldehydes is 1. The van der Waals surface area contributed by atoms with Crippen LogP contribution in [0.3, 0.4) is 0 Å². The van der Waals surface area contributed by atoms with E-state index in [0.717, 1.165) is 0 Å². The Morgan fingerprint density at radius 2 is 2.05 bits per heavy atom. The second kappa shape index (κ2) is 7.22. The number of likely N-dealkylation sites (N-methyl/N-ethyl adjacent to an activating group) is 1. The Balaban J connectivity index is 2.87. The molecule has 0 unspecified atom stereocenters. The maximum atomic E-state index is 11.8. The summed E-state index contributed by atoms with van der Waals surface area (Å²) in [4.78, 5) is 34.2. The van der Waals surface area contributed by atoms with Gasteiger partial charge in [-0.2, -0.15) is 0 Å². The first-order valence-electron chi connectivity index (χ1n) is 6.17. The second-order valence-corrected chi connectivity index (χ2v) is 3.96. The monoisotopic (exact) mass is 280 g/mol. The van der Waals surface area contributed by atoms with Gasteiger partial charge >= 0.3 is 5.69 Å². The molecule has 7 heteroatoms. The number of carbonyl (C=O) groups is 2. The molecule has 0 heterocycles. The van der Waals surface area contributed by atoms with Gasteiger partial charge in [0.15, 0.2) is 12.4 Å². The zero-order valence-corrected chi connectivity index (χ0v) is 11.4. The molecule has 1 aromatic rings. The van der Waals surface area contributed by atoms with Crippen molar-refractivity contribution in [1.82, 2.24) is 4.90 Å². The van der Waals surface area contributed by atoms with Gasteiger partial charge in [-0.05, 0) is 26.0 Å². The molecule has 0 fully saturated rings.